The first-order chi connectivity index (χ1) is 15.4. The molecule has 32 heavy (non-hydrogen) atoms. The van der Waals surface area contributed by atoms with Gasteiger partial charge in [-0.1, -0.05) is 18.2 Å². The number of rotatable bonds is 6. The van der Waals surface area contributed by atoms with Crippen LogP contribution in [0.25, 0.3) is 5.76 Å². The van der Waals surface area contributed by atoms with E-state index in [1.54, 1.807) is 24.3 Å². The summed E-state index contributed by atoms with van der Waals surface area (Å²) in [4.78, 5) is 29.2. The molecule has 4 rings (SSSR count). The fourth-order valence-electron chi connectivity index (χ4n) is 4.03. The third-order valence-corrected chi connectivity index (χ3v) is 5.56. The lowest BCUT2D eigenvalue weighted by Crippen LogP contribution is -2.32. The summed E-state index contributed by atoms with van der Waals surface area (Å²) in [7, 11) is 3.81. The average molecular weight is 440 g/mol. The fourth-order valence-corrected chi connectivity index (χ4v) is 4.03. The van der Waals surface area contributed by atoms with Crippen molar-refractivity contribution in [2.75, 3.05) is 40.4 Å². The number of fused-ring (bicyclic) bond motifs is 1. The van der Waals surface area contributed by atoms with Gasteiger partial charge in [0.2, 0.25) is 0 Å². The zero-order chi connectivity index (χ0) is 22.8. The second-order valence-electron chi connectivity index (χ2n) is 8.03. The SMILES string of the molecule is CN(C)CCCN1C(=O)C(=O)/C(=C(/O)c2ccc3c(c2)OCCO3)[C@@H]1c1ccccc1F. The predicted molar refractivity (Wildman–Crippen MR) is 116 cm³/mol. The van der Waals surface area contributed by atoms with E-state index >= 15 is 0 Å². The van der Waals surface area contributed by atoms with Gasteiger partial charge >= 0.3 is 0 Å². The zero-order valence-corrected chi connectivity index (χ0v) is 18.0. The number of halogens is 1. The maximum atomic E-state index is 14.8. The lowest BCUT2D eigenvalue weighted by Gasteiger charge is -2.26. The molecular weight excluding hydrogens is 415 g/mol. The summed E-state index contributed by atoms with van der Waals surface area (Å²) in [6.07, 6.45) is 0.592. The summed E-state index contributed by atoms with van der Waals surface area (Å²) in [6.45, 7) is 1.72. The van der Waals surface area contributed by atoms with Crippen molar-refractivity contribution in [2.45, 2.75) is 12.5 Å². The number of aliphatic hydroxyl groups is 1. The molecule has 2 aliphatic rings. The Balaban J connectivity index is 1.80. The summed E-state index contributed by atoms with van der Waals surface area (Å²) in [6, 6.07) is 9.74. The van der Waals surface area contributed by atoms with Gasteiger partial charge in [0.15, 0.2) is 11.5 Å². The Morgan fingerprint density at radius 3 is 2.56 bits per heavy atom. The Hall–Kier alpha value is -3.39. The number of carbonyl (C=O) groups is 2. The van der Waals surface area contributed by atoms with Crippen LogP contribution in [-0.2, 0) is 9.59 Å². The summed E-state index contributed by atoms with van der Waals surface area (Å²) < 4.78 is 25.9. The smallest absolute Gasteiger partial charge is 0.295 e. The van der Waals surface area contributed by atoms with Crippen LogP contribution in [0.1, 0.15) is 23.6 Å². The van der Waals surface area contributed by atoms with Gasteiger partial charge in [-0.15, -0.1) is 0 Å². The molecule has 1 saturated heterocycles. The molecular formula is C24H25FN2O5. The minimum absolute atomic E-state index is 0.137. The molecule has 0 unspecified atom stereocenters. The molecule has 168 valence electrons. The summed E-state index contributed by atoms with van der Waals surface area (Å²) in [5.41, 5.74) is 0.319. The van der Waals surface area contributed by atoms with Crippen molar-refractivity contribution in [1.82, 2.24) is 9.80 Å². The number of hydrogen-bond donors (Lipinski definition) is 1. The van der Waals surface area contributed by atoms with Crippen LogP contribution >= 0.6 is 0 Å². The summed E-state index contributed by atoms with van der Waals surface area (Å²) in [5.74, 6) is -1.55. The van der Waals surface area contributed by atoms with Gasteiger partial charge < -0.3 is 24.4 Å². The number of nitrogens with zero attached hydrogens (tertiary/aromatic N) is 2. The highest BCUT2D eigenvalue weighted by Gasteiger charge is 2.46. The largest absolute Gasteiger partial charge is 0.507 e. The van der Waals surface area contributed by atoms with Gasteiger partial charge in [-0.2, -0.15) is 0 Å². The van der Waals surface area contributed by atoms with E-state index in [2.05, 4.69) is 0 Å². The quantitative estimate of drug-likeness (QED) is 0.423. The summed E-state index contributed by atoms with van der Waals surface area (Å²) in [5, 5.41) is 11.1. The maximum absolute atomic E-state index is 14.8. The van der Waals surface area contributed by atoms with Gasteiger partial charge in [0.1, 0.15) is 24.8 Å². The Morgan fingerprint density at radius 1 is 1.12 bits per heavy atom. The van der Waals surface area contributed by atoms with Crippen molar-refractivity contribution in [3.8, 4) is 11.5 Å². The van der Waals surface area contributed by atoms with Crippen molar-refractivity contribution >= 4 is 17.4 Å². The number of carbonyl (C=O) groups excluding carboxylic acids is 2. The van der Waals surface area contributed by atoms with Crippen LogP contribution in [0.2, 0.25) is 0 Å². The van der Waals surface area contributed by atoms with E-state index in [1.807, 2.05) is 19.0 Å². The van der Waals surface area contributed by atoms with E-state index in [0.29, 0.717) is 43.2 Å². The van der Waals surface area contributed by atoms with Crippen molar-refractivity contribution in [2.24, 2.45) is 0 Å². The van der Waals surface area contributed by atoms with Crippen molar-refractivity contribution in [3.05, 3.63) is 65.0 Å². The number of amides is 1. The number of benzene rings is 2. The number of Topliss-reactive ketones (excluding diaryl/α,β-unsaturated/α-hetero) is 1. The number of hydrogen-bond acceptors (Lipinski definition) is 6. The third-order valence-electron chi connectivity index (χ3n) is 5.56. The minimum atomic E-state index is -1.02. The highest BCUT2D eigenvalue weighted by molar-refractivity contribution is 6.46. The van der Waals surface area contributed by atoms with Crippen LogP contribution in [0.5, 0.6) is 11.5 Å². The molecule has 0 spiro atoms. The van der Waals surface area contributed by atoms with E-state index < -0.39 is 23.5 Å². The average Bonchev–Trinajstić information content (AvgIpc) is 3.03. The van der Waals surface area contributed by atoms with Crippen LogP contribution in [0.4, 0.5) is 4.39 Å². The molecule has 8 heteroatoms. The number of ether oxygens (including phenoxy) is 2. The van der Waals surface area contributed by atoms with Crippen molar-refractivity contribution in [1.29, 1.82) is 0 Å². The molecule has 1 amide bonds. The van der Waals surface area contributed by atoms with Crippen molar-refractivity contribution < 1.29 is 28.6 Å². The molecule has 2 aromatic carbocycles. The fraction of sp³-hybridized carbons (Fsp3) is 0.333. The van der Waals surface area contributed by atoms with Crippen molar-refractivity contribution in [3.63, 3.8) is 0 Å². The molecule has 2 aromatic rings. The summed E-state index contributed by atoms with van der Waals surface area (Å²) >= 11 is 0. The first kappa shape index (κ1) is 21.8. The lowest BCUT2D eigenvalue weighted by molar-refractivity contribution is -0.140. The molecule has 1 fully saturated rings. The first-order valence-electron chi connectivity index (χ1n) is 10.5. The zero-order valence-electron chi connectivity index (χ0n) is 18.0. The molecule has 0 saturated carbocycles. The van der Waals surface area contributed by atoms with Crippen LogP contribution < -0.4 is 9.47 Å². The molecule has 1 atom stereocenters. The molecule has 0 bridgehead atoms. The van der Waals surface area contributed by atoms with Crippen LogP contribution in [0.15, 0.2) is 48.0 Å². The highest BCUT2D eigenvalue weighted by Crippen LogP contribution is 2.41. The van der Waals surface area contributed by atoms with Gasteiger partial charge in [0.25, 0.3) is 11.7 Å². The Kier molecular flexibility index (Phi) is 6.14. The van der Waals surface area contributed by atoms with Crippen LogP contribution in [0.3, 0.4) is 0 Å². The second-order valence-corrected chi connectivity index (χ2v) is 8.03. The van der Waals surface area contributed by atoms with E-state index in [1.165, 1.54) is 23.1 Å². The molecule has 2 aliphatic heterocycles. The van der Waals surface area contributed by atoms with Crippen LogP contribution in [0, 0.1) is 5.82 Å². The van der Waals surface area contributed by atoms with Crippen LogP contribution in [-0.4, -0.2) is 67.0 Å². The van der Waals surface area contributed by atoms with Gasteiger partial charge in [0, 0.05) is 17.7 Å². The molecule has 0 aliphatic carbocycles. The minimum Gasteiger partial charge on any atom is -0.507 e. The highest BCUT2D eigenvalue weighted by atomic mass is 19.1. The molecule has 0 radical (unpaired) electrons. The van der Waals surface area contributed by atoms with E-state index in [9.17, 15) is 19.1 Å². The maximum Gasteiger partial charge on any atom is 0.295 e. The topological polar surface area (TPSA) is 79.3 Å². The second kappa shape index (κ2) is 9.00. The molecule has 7 nitrogen and oxygen atoms in total. The van der Waals surface area contributed by atoms with E-state index in [-0.39, 0.29) is 23.4 Å². The number of likely N-dealkylation sites (tertiary alicyclic amines) is 1. The normalized spacial score (nSPS) is 19.6. The molecule has 0 aromatic heterocycles. The Bertz CT molecular complexity index is 1080. The van der Waals surface area contributed by atoms with Gasteiger partial charge in [-0.05, 0) is 51.3 Å². The lowest BCUT2D eigenvalue weighted by atomic mass is 9.94. The van der Waals surface area contributed by atoms with Gasteiger partial charge in [-0.25, -0.2) is 4.39 Å². The van der Waals surface area contributed by atoms with Gasteiger partial charge in [-0.3, -0.25) is 9.59 Å². The third kappa shape index (κ3) is 4.05. The molecule has 1 N–H and O–H groups in total. The van der Waals surface area contributed by atoms with E-state index in [4.69, 9.17) is 9.47 Å². The number of aliphatic hydroxyl groups excluding tert-OH is 1. The van der Waals surface area contributed by atoms with E-state index in [0.717, 1.165) is 0 Å². The first-order valence-corrected chi connectivity index (χ1v) is 10.5. The molecule has 2 heterocycles. The monoisotopic (exact) mass is 440 g/mol. The standard InChI is InChI=1S/C24H25FN2O5/c1-26(2)10-5-11-27-21(16-6-3-4-7-17(16)25)20(23(29)24(27)30)22(28)15-8-9-18-19(14-15)32-13-12-31-18/h3-4,6-9,14,21,28H,5,10-13H2,1-2H3/b22-20+/t21-/m0/s1. The Morgan fingerprint density at radius 2 is 1.84 bits per heavy atom. The predicted octanol–water partition coefficient (Wildman–Crippen LogP) is 2.97. The van der Waals surface area contributed by atoms with Gasteiger partial charge in [0.05, 0.1) is 11.6 Å². The Labute approximate surface area is 185 Å². The number of ketones is 1.